The third-order valence-electron chi connectivity index (χ3n) is 6.88. The minimum Gasteiger partial charge on any atom is -0.472 e. The van der Waals surface area contributed by atoms with E-state index < -0.39 is 24.2 Å². The van der Waals surface area contributed by atoms with Crippen LogP contribution in [-0.4, -0.2) is 63.8 Å². The van der Waals surface area contributed by atoms with E-state index in [1.165, 1.54) is 17.6 Å². The highest BCUT2D eigenvalue weighted by atomic mass is 16.5. The average molecular weight is 494 g/mol. The summed E-state index contributed by atoms with van der Waals surface area (Å²) in [5.74, 6) is 0.208. The van der Waals surface area contributed by atoms with Gasteiger partial charge in [0.25, 0.3) is 0 Å². The molecule has 6 bridgehead atoms. The first kappa shape index (κ1) is 24.0. The fourth-order valence-corrected chi connectivity index (χ4v) is 4.93. The molecule has 1 fully saturated rings. The first-order valence-corrected chi connectivity index (χ1v) is 12.4. The number of anilines is 1. The van der Waals surface area contributed by atoms with Crippen LogP contribution in [0.1, 0.15) is 44.6 Å². The minimum atomic E-state index is -0.763. The molecule has 3 aromatic rings. The maximum atomic E-state index is 13.7. The second-order valence-electron chi connectivity index (χ2n) is 9.75. The SMILES string of the molecule is COC(=O)[C@@H]1C[C@@H]2CN1C(=O)[C@H](C(C)C)Nc1nnc(o1)CCCCc1ccc3ccnc(c3c1)O2. The number of hydrogen-bond acceptors (Lipinski definition) is 9. The van der Waals surface area contributed by atoms with Crippen LogP contribution in [-0.2, 0) is 27.2 Å². The van der Waals surface area contributed by atoms with Crippen LogP contribution >= 0.6 is 0 Å². The summed E-state index contributed by atoms with van der Waals surface area (Å²) in [6.45, 7) is 4.08. The lowest BCUT2D eigenvalue weighted by molar-refractivity contribution is -0.151. The fourth-order valence-electron chi connectivity index (χ4n) is 4.93. The Labute approximate surface area is 209 Å². The lowest BCUT2D eigenvalue weighted by Crippen LogP contribution is -2.50. The van der Waals surface area contributed by atoms with Crippen molar-refractivity contribution in [2.24, 2.45) is 5.92 Å². The van der Waals surface area contributed by atoms with Gasteiger partial charge in [-0.1, -0.05) is 31.1 Å². The molecule has 1 saturated heterocycles. The Balaban J connectivity index is 1.52. The van der Waals surface area contributed by atoms with Crippen LogP contribution in [0.25, 0.3) is 10.8 Å². The first-order valence-electron chi connectivity index (χ1n) is 12.4. The molecule has 0 saturated carbocycles. The van der Waals surface area contributed by atoms with E-state index in [2.05, 4.69) is 38.7 Å². The fraction of sp³-hybridized carbons (Fsp3) is 0.500. The minimum absolute atomic E-state index is 0.102. The van der Waals surface area contributed by atoms with Crippen molar-refractivity contribution in [3.63, 3.8) is 0 Å². The number of hydrogen-bond donors (Lipinski definition) is 1. The molecular formula is C26H31N5O5. The van der Waals surface area contributed by atoms with E-state index in [0.717, 1.165) is 30.0 Å². The molecule has 1 N–H and O–H groups in total. The van der Waals surface area contributed by atoms with Gasteiger partial charge in [0.15, 0.2) is 0 Å². The number of fused-ring (bicyclic) bond motifs is 5. The smallest absolute Gasteiger partial charge is 0.328 e. The summed E-state index contributed by atoms with van der Waals surface area (Å²) in [4.78, 5) is 32.4. The average Bonchev–Trinajstić information content (AvgIpc) is 3.51. The predicted octanol–water partition coefficient (Wildman–Crippen LogP) is 3.15. The van der Waals surface area contributed by atoms with Gasteiger partial charge in [0.1, 0.15) is 18.2 Å². The highest BCUT2D eigenvalue weighted by molar-refractivity contribution is 5.90. The number of nitrogens with one attached hydrogen (secondary N) is 1. The van der Waals surface area contributed by atoms with Crippen molar-refractivity contribution in [3.8, 4) is 5.88 Å². The molecule has 2 aliphatic rings. The molecule has 0 unspecified atom stereocenters. The molecule has 1 amide bonds. The summed E-state index contributed by atoms with van der Waals surface area (Å²) in [5, 5.41) is 13.3. The van der Waals surface area contributed by atoms with Gasteiger partial charge in [0.2, 0.25) is 17.7 Å². The number of methoxy groups -OCH3 is 1. The van der Waals surface area contributed by atoms with E-state index in [9.17, 15) is 9.59 Å². The van der Waals surface area contributed by atoms with Crippen LogP contribution in [0.2, 0.25) is 0 Å². The normalized spacial score (nSPS) is 22.7. The van der Waals surface area contributed by atoms with Crippen molar-refractivity contribution in [1.82, 2.24) is 20.1 Å². The van der Waals surface area contributed by atoms with E-state index in [-0.39, 0.29) is 24.4 Å². The molecule has 10 heteroatoms. The Bertz CT molecular complexity index is 1260. The Hall–Kier alpha value is -3.69. The summed E-state index contributed by atoms with van der Waals surface area (Å²) in [7, 11) is 1.33. The molecule has 0 radical (unpaired) electrons. The van der Waals surface area contributed by atoms with E-state index in [0.29, 0.717) is 24.6 Å². The second-order valence-corrected chi connectivity index (χ2v) is 9.75. The van der Waals surface area contributed by atoms with Crippen molar-refractivity contribution >= 4 is 28.7 Å². The number of aryl methyl sites for hydroxylation is 2. The van der Waals surface area contributed by atoms with Crippen molar-refractivity contribution in [2.45, 2.75) is 64.1 Å². The zero-order valence-corrected chi connectivity index (χ0v) is 20.8. The largest absolute Gasteiger partial charge is 0.472 e. The monoisotopic (exact) mass is 493 g/mol. The van der Waals surface area contributed by atoms with Gasteiger partial charge < -0.3 is 24.1 Å². The summed E-state index contributed by atoms with van der Waals surface area (Å²) in [6.07, 6.45) is 5.01. The summed E-state index contributed by atoms with van der Waals surface area (Å²) in [6, 6.07) is 7.02. The van der Waals surface area contributed by atoms with Crippen LogP contribution in [0, 0.1) is 5.92 Å². The third kappa shape index (κ3) is 4.84. The van der Waals surface area contributed by atoms with Gasteiger partial charge in [-0.15, -0.1) is 5.10 Å². The molecule has 10 nitrogen and oxygen atoms in total. The Morgan fingerprint density at radius 3 is 2.83 bits per heavy atom. The molecule has 2 aliphatic heterocycles. The lowest BCUT2D eigenvalue weighted by Gasteiger charge is -2.29. The lowest BCUT2D eigenvalue weighted by atomic mass is 10.0. The number of carbonyl (C=O) groups is 2. The molecule has 3 atom stereocenters. The maximum Gasteiger partial charge on any atom is 0.328 e. The standard InChI is InChI=1S/C26H31N5O5/c1-15(2)22-24(32)31-14-18(13-20(31)25(33)34-3)35-23-19-12-16(8-9-17(19)10-11-27-23)6-4-5-7-21-29-30-26(28-22)36-21/h8-12,15,18,20,22H,4-7,13-14H2,1-3H3,(H,28,30)/t18-,20+,22+/m1/s1. The van der Waals surface area contributed by atoms with Crippen molar-refractivity contribution < 1.29 is 23.5 Å². The third-order valence-corrected chi connectivity index (χ3v) is 6.88. The summed E-state index contributed by atoms with van der Waals surface area (Å²) < 4.78 is 17.2. The van der Waals surface area contributed by atoms with Gasteiger partial charge in [-0.2, -0.15) is 0 Å². The number of amides is 1. The molecule has 36 heavy (non-hydrogen) atoms. The molecule has 0 aliphatic carbocycles. The Kier molecular flexibility index (Phi) is 6.75. The Morgan fingerprint density at radius 1 is 1.19 bits per heavy atom. The highest BCUT2D eigenvalue weighted by Crippen LogP contribution is 2.30. The van der Waals surface area contributed by atoms with Gasteiger partial charge in [-0.05, 0) is 48.3 Å². The zero-order chi connectivity index (χ0) is 25.2. The molecule has 190 valence electrons. The molecule has 1 aromatic carbocycles. The van der Waals surface area contributed by atoms with Gasteiger partial charge in [-0.25, -0.2) is 9.78 Å². The number of benzene rings is 1. The van der Waals surface area contributed by atoms with Crippen molar-refractivity contribution in [2.75, 3.05) is 19.0 Å². The number of carbonyl (C=O) groups excluding carboxylic acids is 2. The van der Waals surface area contributed by atoms with Crippen molar-refractivity contribution in [3.05, 3.63) is 41.9 Å². The summed E-state index contributed by atoms with van der Waals surface area (Å²) in [5.41, 5.74) is 1.18. The van der Waals surface area contributed by atoms with Gasteiger partial charge >= 0.3 is 12.0 Å². The zero-order valence-electron chi connectivity index (χ0n) is 20.8. The molecule has 2 aromatic heterocycles. The van der Waals surface area contributed by atoms with E-state index >= 15 is 0 Å². The van der Waals surface area contributed by atoms with Crippen LogP contribution < -0.4 is 10.1 Å². The predicted molar refractivity (Wildman–Crippen MR) is 131 cm³/mol. The van der Waals surface area contributed by atoms with E-state index in [1.54, 1.807) is 6.20 Å². The molecule has 5 rings (SSSR count). The van der Waals surface area contributed by atoms with Crippen LogP contribution in [0.15, 0.2) is 34.9 Å². The quantitative estimate of drug-likeness (QED) is 0.537. The van der Waals surface area contributed by atoms with Crippen molar-refractivity contribution in [1.29, 1.82) is 0 Å². The highest BCUT2D eigenvalue weighted by Gasteiger charge is 2.44. The van der Waals surface area contributed by atoms with Gasteiger partial charge in [0, 0.05) is 24.4 Å². The summed E-state index contributed by atoms with van der Waals surface area (Å²) >= 11 is 0. The molecule has 4 heterocycles. The number of rotatable bonds is 2. The first-order chi connectivity index (χ1) is 17.4. The second kappa shape index (κ2) is 10.1. The number of aromatic nitrogens is 3. The van der Waals surface area contributed by atoms with E-state index in [4.69, 9.17) is 13.9 Å². The number of pyridine rings is 1. The van der Waals surface area contributed by atoms with Crippen LogP contribution in [0.5, 0.6) is 5.88 Å². The topological polar surface area (TPSA) is 120 Å². The van der Waals surface area contributed by atoms with Gasteiger partial charge in [0.05, 0.1) is 13.7 Å². The number of ether oxygens (including phenoxy) is 2. The van der Waals surface area contributed by atoms with E-state index in [1.807, 2.05) is 19.9 Å². The van der Waals surface area contributed by atoms with Crippen LogP contribution in [0.3, 0.4) is 0 Å². The van der Waals surface area contributed by atoms with Crippen LogP contribution in [0.4, 0.5) is 6.01 Å². The number of esters is 1. The molecule has 0 spiro atoms. The Morgan fingerprint density at radius 2 is 2.03 bits per heavy atom. The van der Waals surface area contributed by atoms with Gasteiger partial charge in [-0.3, -0.25) is 4.79 Å². The number of nitrogens with zero attached hydrogens (tertiary/aromatic N) is 4. The molecular weight excluding hydrogens is 462 g/mol. The maximum absolute atomic E-state index is 13.7.